The third-order valence-corrected chi connectivity index (χ3v) is 2.76. The Balaban J connectivity index is 2.39. The van der Waals surface area contributed by atoms with Crippen LogP contribution in [-0.4, -0.2) is 9.78 Å². The van der Waals surface area contributed by atoms with Crippen LogP contribution in [0.25, 0.3) is 17.2 Å². The summed E-state index contributed by atoms with van der Waals surface area (Å²) in [4.78, 5) is 0. The lowest BCUT2D eigenvalue weighted by atomic mass is 10.1. The van der Waals surface area contributed by atoms with Gasteiger partial charge >= 0.3 is 0 Å². The first-order valence-electron chi connectivity index (χ1n) is 5.06. The molecular formula is C13H10ClN3. The predicted molar refractivity (Wildman–Crippen MR) is 68.4 cm³/mol. The van der Waals surface area contributed by atoms with Crippen molar-refractivity contribution >= 4 is 17.7 Å². The van der Waals surface area contributed by atoms with Crippen LogP contribution in [0.5, 0.6) is 0 Å². The zero-order valence-corrected chi connectivity index (χ0v) is 9.85. The molecule has 0 saturated heterocycles. The molecule has 2 aromatic rings. The number of benzene rings is 1. The minimum absolute atomic E-state index is 0.252. The van der Waals surface area contributed by atoms with E-state index in [1.165, 1.54) is 0 Å². The summed E-state index contributed by atoms with van der Waals surface area (Å²) in [5, 5.41) is 13.3. The minimum Gasteiger partial charge on any atom is -0.258 e. The zero-order valence-electron chi connectivity index (χ0n) is 9.10. The Kier molecular flexibility index (Phi) is 3.27. The molecule has 1 aromatic carbocycles. The Morgan fingerprint density at radius 1 is 1.47 bits per heavy atom. The monoisotopic (exact) mass is 243 g/mol. The average Bonchev–Trinajstić information content (AvgIpc) is 2.79. The van der Waals surface area contributed by atoms with Crippen LogP contribution in [0.3, 0.4) is 0 Å². The summed E-state index contributed by atoms with van der Waals surface area (Å²) in [6.07, 6.45) is 5.28. The third-order valence-electron chi connectivity index (χ3n) is 2.42. The standard InChI is InChI=1S/C13H10ClN3/c1-2-10-7-11(3-4-13(10)14)12-8-16-17(9-12)6-5-15/h2-4,7-9H,1,6H2. The molecule has 84 valence electrons. The van der Waals surface area contributed by atoms with Gasteiger partial charge in [0.2, 0.25) is 0 Å². The van der Waals surface area contributed by atoms with Crippen LogP contribution in [0.15, 0.2) is 37.2 Å². The van der Waals surface area contributed by atoms with E-state index < -0.39 is 0 Å². The van der Waals surface area contributed by atoms with Crippen LogP contribution >= 0.6 is 11.6 Å². The molecule has 0 aliphatic carbocycles. The van der Waals surface area contributed by atoms with Crippen molar-refractivity contribution in [3.05, 3.63) is 47.8 Å². The molecule has 0 radical (unpaired) electrons. The topological polar surface area (TPSA) is 41.6 Å². The van der Waals surface area contributed by atoms with E-state index in [2.05, 4.69) is 11.7 Å². The van der Waals surface area contributed by atoms with Gasteiger partial charge < -0.3 is 0 Å². The molecule has 0 bridgehead atoms. The van der Waals surface area contributed by atoms with Crippen molar-refractivity contribution in [1.82, 2.24) is 9.78 Å². The summed E-state index contributed by atoms with van der Waals surface area (Å²) in [5.41, 5.74) is 2.85. The van der Waals surface area contributed by atoms with Crippen LogP contribution < -0.4 is 0 Å². The van der Waals surface area contributed by atoms with Gasteiger partial charge in [0.05, 0.1) is 12.3 Å². The highest BCUT2D eigenvalue weighted by Crippen LogP contribution is 2.25. The van der Waals surface area contributed by atoms with E-state index in [4.69, 9.17) is 16.9 Å². The van der Waals surface area contributed by atoms with Crippen molar-refractivity contribution in [2.75, 3.05) is 0 Å². The molecule has 2 rings (SSSR count). The lowest BCUT2D eigenvalue weighted by Gasteiger charge is -2.01. The van der Waals surface area contributed by atoms with Crippen LogP contribution in [0, 0.1) is 11.3 Å². The summed E-state index contributed by atoms with van der Waals surface area (Å²) in [7, 11) is 0. The van der Waals surface area contributed by atoms with E-state index in [0.29, 0.717) is 5.02 Å². The highest BCUT2D eigenvalue weighted by atomic mass is 35.5. The van der Waals surface area contributed by atoms with Gasteiger partial charge in [-0.05, 0) is 23.3 Å². The molecule has 0 spiro atoms. The molecule has 0 aliphatic rings. The van der Waals surface area contributed by atoms with Gasteiger partial charge in [0.15, 0.2) is 0 Å². The zero-order chi connectivity index (χ0) is 12.3. The lowest BCUT2D eigenvalue weighted by Crippen LogP contribution is -1.93. The molecule has 0 fully saturated rings. The van der Waals surface area contributed by atoms with Gasteiger partial charge in [0.25, 0.3) is 0 Å². The van der Waals surface area contributed by atoms with Gasteiger partial charge in [-0.15, -0.1) is 0 Å². The number of nitrogens with zero attached hydrogens (tertiary/aromatic N) is 3. The summed E-state index contributed by atoms with van der Waals surface area (Å²) in [6.45, 7) is 3.96. The molecule has 0 amide bonds. The molecule has 0 saturated carbocycles. The maximum absolute atomic E-state index is 8.58. The van der Waals surface area contributed by atoms with Gasteiger partial charge in [-0.25, -0.2) is 0 Å². The molecule has 0 N–H and O–H groups in total. The predicted octanol–water partition coefficient (Wildman–Crippen LogP) is 3.37. The van der Waals surface area contributed by atoms with E-state index in [1.807, 2.05) is 30.5 Å². The van der Waals surface area contributed by atoms with E-state index in [1.54, 1.807) is 17.0 Å². The summed E-state index contributed by atoms with van der Waals surface area (Å²) < 4.78 is 1.59. The smallest absolute Gasteiger partial charge is 0.128 e. The Hall–Kier alpha value is -2.05. The Morgan fingerprint density at radius 3 is 3.00 bits per heavy atom. The maximum atomic E-state index is 8.58. The minimum atomic E-state index is 0.252. The molecular weight excluding hydrogens is 234 g/mol. The fraction of sp³-hybridized carbons (Fsp3) is 0.0769. The first-order chi connectivity index (χ1) is 8.24. The Labute approximate surface area is 105 Å². The average molecular weight is 244 g/mol. The molecule has 3 nitrogen and oxygen atoms in total. The molecule has 0 aliphatic heterocycles. The highest BCUT2D eigenvalue weighted by Gasteiger charge is 2.04. The van der Waals surface area contributed by atoms with E-state index in [0.717, 1.165) is 16.7 Å². The van der Waals surface area contributed by atoms with E-state index in [-0.39, 0.29) is 6.54 Å². The number of hydrogen-bond donors (Lipinski definition) is 0. The van der Waals surface area contributed by atoms with Crippen molar-refractivity contribution in [2.24, 2.45) is 0 Å². The largest absolute Gasteiger partial charge is 0.258 e. The number of aromatic nitrogens is 2. The summed E-state index contributed by atoms with van der Waals surface area (Å²) in [5.74, 6) is 0. The second-order valence-electron chi connectivity index (χ2n) is 3.53. The van der Waals surface area contributed by atoms with Crippen LogP contribution in [0.1, 0.15) is 5.56 Å². The Morgan fingerprint density at radius 2 is 2.29 bits per heavy atom. The fourth-order valence-corrected chi connectivity index (χ4v) is 1.75. The quantitative estimate of drug-likeness (QED) is 0.829. The van der Waals surface area contributed by atoms with Gasteiger partial charge in [-0.1, -0.05) is 30.3 Å². The number of halogens is 1. The Bertz CT molecular complexity index is 593. The van der Waals surface area contributed by atoms with Crippen molar-refractivity contribution < 1.29 is 0 Å². The van der Waals surface area contributed by atoms with Crippen molar-refractivity contribution in [2.45, 2.75) is 6.54 Å². The highest BCUT2D eigenvalue weighted by molar-refractivity contribution is 6.32. The molecule has 0 unspecified atom stereocenters. The first kappa shape index (κ1) is 11.4. The maximum Gasteiger partial charge on any atom is 0.128 e. The van der Waals surface area contributed by atoms with Gasteiger partial charge in [0, 0.05) is 16.8 Å². The number of rotatable bonds is 3. The van der Waals surface area contributed by atoms with Crippen LogP contribution in [0.4, 0.5) is 0 Å². The SMILES string of the molecule is C=Cc1cc(-c2cnn(CC#N)c2)ccc1Cl. The van der Waals surface area contributed by atoms with E-state index in [9.17, 15) is 0 Å². The summed E-state index contributed by atoms with van der Waals surface area (Å²) >= 11 is 6.00. The van der Waals surface area contributed by atoms with Crippen molar-refractivity contribution in [3.8, 4) is 17.2 Å². The normalized spacial score (nSPS) is 9.88. The van der Waals surface area contributed by atoms with Gasteiger partial charge in [0.1, 0.15) is 6.54 Å². The second-order valence-corrected chi connectivity index (χ2v) is 3.93. The summed E-state index contributed by atoms with van der Waals surface area (Å²) in [6, 6.07) is 7.74. The van der Waals surface area contributed by atoms with Crippen LogP contribution in [0.2, 0.25) is 5.02 Å². The third kappa shape index (κ3) is 2.38. The van der Waals surface area contributed by atoms with Crippen molar-refractivity contribution in [1.29, 1.82) is 5.26 Å². The van der Waals surface area contributed by atoms with Crippen molar-refractivity contribution in [3.63, 3.8) is 0 Å². The first-order valence-corrected chi connectivity index (χ1v) is 5.44. The van der Waals surface area contributed by atoms with Gasteiger partial charge in [-0.2, -0.15) is 10.4 Å². The fourth-order valence-electron chi connectivity index (χ4n) is 1.55. The number of nitriles is 1. The second kappa shape index (κ2) is 4.86. The van der Waals surface area contributed by atoms with E-state index >= 15 is 0 Å². The molecule has 0 atom stereocenters. The molecule has 4 heteroatoms. The van der Waals surface area contributed by atoms with Gasteiger partial charge in [-0.3, -0.25) is 4.68 Å². The molecule has 1 heterocycles. The van der Waals surface area contributed by atoms with Crippen LogP contribution in [-0.2, 0) is 6.54 Å². The molecule has 1 aromatic heterocycles. The number of hydrogen-bond acceptors (Lipinski definition) is 2. The molecule has 17 heavy (non-hydrogen) atoms. The lowest BCUT2D eigenvalue weighted by molar-refractivity contribution is 0.710.